The Kier molecular flexibility index (Phi) is 5.33. The molecule has 1 N–H and O–H groups in total. The van der Waals surface area contributed by atoms with Gasteiger partial charge < -0.3 is 5.32 Å². The molecular formula is C14H22ClNS. The summed E-state index contributed by atoms with van der Waals surface area (Å²) in [5.41, 5.74) is 0. The molecule has 1 saturated carbocycles. The standard InChI is InChI=1S/C14H22ClNS/c1-2-11-3-5-12(6-4-11)8-16-9-14-7-13(15)10-17-14/h7,10-12,16H,2-6,8-9H2,1H3. The van der Waals surface area contributed by atoms with Gasteiger partial charge in [-0.2, -0.15) is 0 Å². The minimum absolute atomic E-state index is 0.871. The average molecular weight is 272 g/mol. The van der Waals surface area contributed by atoms with Crippen LogP contribution in [-0.2, 0) is 6.54 Å². The summed E-state index contributed by atoms with van der Waals surface area (Å²) < 4.78 is 0. The normalized spacial score (nSPS) is 25.1. The Labute approximate surface area is 114 Å². The van der Waals surface area contributed by atoms with Crippen molar-refractivity contribution in [2.24, 2.45) is 11.8 Å². The van der Waals surface area contributed by atoms with Crippen molar-refractivity contribution in [3.8, 4) is 0 Å². The highest BCUT2D eigenvalue weighted by atomic mass is 35.5. The van der Waals surface area contributed by atoms with Crippen molar-refractivity contribution in [1.29, 1.82) is 0 Å². The minimum atomic E-state index is 0.871. The maximum absolute atomic E-state index is 5.90. The second-order valence-corrected chi connectivity index (χ2v) is 6.59. The molecule has 96 valence electrons. The molecule has 3 heteroatoms. The fraction of sp³-hybridized carbons (Fsp3) is 0.714. The van der Waals surface area contributed by atoms with Crippen LogP contribution in [-0.4, -0.2) is 6.54 Å². The smallest absolute Gasteiger partial charge is 0.0516 e. The van der Waals surface area contributed by atoms with Crippen molar-refractivity contribution >= 4 is 22.9 Å². The summed E-state index contributed by atoms with van der Waals surface area (Å²) in [6.45, 7) is 4.47. The van der Waals surface area contributed by atoms with Crippen LogP contribution < -0.4 is 5.32 Å². The summed E-state index contributed by atoms with van der Waals surface area (Å²) in [4.78, 5) is 1.34. The van der Waals surface area contributed by atoms with Gasteiger partial charge >= 0.3 is 0 Å². The molecule has 1 nitrogen and oxygen atoms in total. The molecule has 0 amide bonds. The molecule has 0 aliphatic heterocycles. The quantitative estimate of drug-likeness (QED) is 0.818. The maximum atomic E-state index is 5.90. The highest BCUT2D eigenvalue weighted by Gasteiger charge is 2.19. The van der Waals surface area contributed by atoms with Gasteiger partial charge in [0.2, 0.25) is 0 Å². The van der Waals surface area contributed by atoms with Gasteiger partial charge in [-0.1, -0.05) is 37.8 Å². The Morgan fingerprint density at radius 3 is 2.59 bits per heavy atom. The van der Waals surface area contributed by atoms with E-state index in [1.54, 1.807) is 11.3 Å². The summed E-state index contributed by atoms with van der Waals surface area (Å²) in [6, 6.07) is 2.06. The average Bonchev–Trinajstić information content (AvgIpc) is 2.76. The Hall–Kier alpha value is -0.0500. The van der Waals surface area contributed by atoms with Crippen LogP contribution in [0.4, 0.5) is 0 Å². The fourth-order valence-electron chi connectivity index (χ4n) is 2.69. The summed E-state index contributed by atoms with van der Waals surface area (Å²) in [5, 5.41) is 6.44. The van der Waals surface area contributed by atoms with Gasteiger partial charge in [0.05, 0.1) is 5.02 Å². The Morgan fingerprint density at radius 2 is 2.00 bits per heavy atom. The largest absolute Gasteiger partial charge is 0.312 e. The minimum Gasteiger partial charge on any atom is -0.312 e. The van der Waals surface area contributed by atoms with Gasteiger partial charge in [-0.05, 0) is 37.3 Å². The molecule has 0 aromatic carbocycles. The second kappa shape index (κ2) is 6.77. The third-order valence-electron chi connectivity index (χ3n) is 3.90. The first kappa shape index (κ1) is 13.4. The van der Waals surface area contributed by atoms with Gasteiger partial charge in [-0.15, -0.1) is 11.3 Å². The predicted molar refractivity (Wildman–Crippen MR) is 76.8 cm³/mol. The molecule has 1 aromatic heterocycles. The van der Waals surface area contributed by atoms with E-state index in [0.29, 0.717) is 0 Å². The molecule has 0 saturated heterocycles. The van der Waals surface area contributed by atoms with Crippen molar-refractivity contribution in [2.75, 3.05) is 6.54 Å². The van der Waals surface area contributed by atoms with Crippen LogP contribution in [0.5, 0.6) is 0 Å². The summed E-state index contributed by atoms with van der Waals surface area (Å²) in [5.74, 6) is 1.90. The molecule has 0 radical (unpaired) electrons. The molecule has 1 aromatic rings. The third-order valence-corrected chi connectivity index (χ3v) is 5.18. The first-order chi connectivity index (χ1) is 8.28. The monoisotopic (exact) mass is 271 g/mol. The van der Waals surface area contributed by atoms with E-state index in [4.69, 9.17) is 11.6 Å². The number of halogens is 1. The first-order valence-corrected chi connectivity index (χ1v) is 7.97. The number of hydrogen-bond donors (Lipinski definition) is 1. The lowest BCUT2D eigenvalue weighted by Gasteiger charge is -2.27. The fourth-order valence-corrected chi connectivity index (χ4v) is 3.73. The second-order valence-electron chi connectivity index (χ2n) is 5.16. The summed E-state index contributed by atoms with van der Waals surface area (Å²) in [7, 11) is 0. The van der Waals surface area contributed by atoms with Crippen molar-refractivity contribution < 1.29 is 0 Å². The van der Waals surface area contributed by atoms with Crippen LogP contribution in [0.1, 0.15) is 43.9 Å². The molecule has 1 aliphatic carbocycles. The van der Waals surface area contributed by atoms with Crippen LogP contribution >= 0.6 is 22.9 Å². The highest BCUT2D eigenvalue weighted by molar-refractivity contribution is 7.10. The third kappa shape index (κ3) is 4.27. The summed E-state index contributed by atoms with van der Waals surface area (Å²) in [6.07, 6.45) is 7.07. The van der Waals surface area contributed by atoms with E-state index in [1.165, 1.54) is 43.5 Å². The highest BCUT2D eigenvalue weighted by Crippen LogP contribution is 2.30. The number of hydrogen-bond acceptors (Lipinski definition) is 2. The number of nitrogens with one attached hydrogen (secondary N) is 1. The summed E-state index contributed by atoms with van der Waals surface area (Å²) >= 11 is 7.65. The molecular weight excluding hydrogens is 250 g/mol. The van der Waals surface area contributed by atoms with Gasteiger partial charge in [-0.3, -0.25) is 0 Å². The predicted octanol–water partition coefficient (Wildman–Crippen LogP) is 4.71. The molecule has 0 spiro atoms. The lowest BCUT2D eigenvalue weighted by molar-refractivity contribution is 0.262. The Morgan fingerprint density at radius 1 is 1.29 bits per heavy atom. The van der Waals surface area contributed by atoms with E-state index >= 15 is 0 Å². The van der Waals surface area contributed by atoms with E-state index in [9.17, 15) is 0 Å². The lowest BCUT2D eigenvalue weighted by atomic mass is 9.81. The zero-order valence-corrected chi connectivity index (χ0v) is 12.1. The maximum Gasteiger partial charge on any atom is 0.0516 e. The van der Waals surface area contributed by atoms with E-state index < -0.39 is 0 Å². The SMILES string of the molecule is CCC1CCC(CNCc2cc(Cl)cs2)CC1. The van der Waals surface area contributed by atoms with Crippen molar-refractivity contribution in [3.63, 3.8) is 0 Å². The molecule has 1 heterocycles. The molecule has 0 unspecified atom stereocenters. The molecule has 1 fully saturated rings. The Balaban J connectivity index is 1.63. The molecule has 0 atom stereocenters. The van der Waals surface area contributed by atoms with Gasteiger partial charge in [0.1, 0.15) is 0 Å². The molecule has 17 heavy (non-hydrogen) atoms. The van der Waals surface area contributed by atoms with Crippen LogP contribution in [0.2, 0.25) is 5.02 Å². The Bertz CT molecular complexity index is 329. The first-order valence-electron chi connectivity index (χ1n) is 6.71. The molecule has 2 rings (SSSR count). The van der Waals surface area contributed by atoms with Crippen LogP contribution in [0.15, 0.2) is 11.4 Å². The van der Waals surface area contributed by atoms with Crippen molar-refractivity contribution in [3.05, 3.63) is 21.3 Å². The number of thiophene rings is 1. The van der Waals surface area contributed by atoms with Crippen molar-refractivity contribution in [1.82, 2.24) is 5.32 Å². The van der Waals surface area contributed by atoms with Crippen LogP contribution in [0.25, 0.3) is 0 Å². The molecule has 0 bridgehead atoms. The lowest BCUT2D eigenvalue weighted by Crippen LogP contribution is -2.25. The van der Waals surface area contributed by atoms with Crippen molar-refractivity contribution in [2.45, 2.75) is 45.6 Å². The zero-order chi connectivity index (χ0) is 12.1. The number of rotatable bonds is 5. The van der Waals surface area contributed by atoms with E-state index in [-0.39, 0.29) is 0 Å². The van der Waals surface area contributed by atoms with Gasteiger partial charge in [0, 0.05) is 16.8 Å². The van der Waals surface area contributed by atoms with E-state index in [1.807, 2.05) is 5.38 Å². The van der Waals surface area contributed by atoms with E-state index in [2.05, 4.69) is 18.3 Å². The van der Waals surface area contributed by atoms with Crippen LogP contribution in [0, 0.1) is 11.8 Å². The zero-order valence-electron chi connectivity index (χ0n) is 10.5. The molecule has 1 aliphatic rings. The van der Waals surface area contributed by atoms with E-state index in [0.717, 1.165) is 23.4 Å². The topological polar surface area (TPSA) is 12.0 Å². The van der Waals surface area contributed by atoms with Crippen LogP contribution in [0.3, 0.4) is 0 Å². The van der Waals surface area contributed by atoms with Gasteiger partial charge in [-0.25, -0.2) is 0 Å². The van der Waals surface area contributed by atoms with Gasteiger partial charge in [0.25, 0.3) is 0 Å². The van der Waals surface area contributed by atoms with Gasteiger partial charge in [0.15, 0.2) is 0 Å².